The van der Waals surface area contributed by atoms with E-state index in [4.69, 9.17) is 10.7 Å². The maximum atomic E-state index is 11.4. The average Bonchev–Trinajstić information content (AvgIpc) is 2.28. The number of rotatable bonds is 2. The molecule has 0 unspecified atom stereocenters. The summed E-state index contributed by atoms with van der Waals surface area (Å²) in [5.74, 6) is 0. The van der Waals surface area contributed by atoms with Crippen LogP contribution in [0.15, 0.2) is 47.4 Å². The molecule has 0 aliphatic heterocycles. The number of benzene rings is 2. The zero-order valence-electron chi connectivity index (χ0n) is 10.1. The molecule has 0 radical (unpaired) electrons. The van der Waals surface area contributed by atoms with E-state index < -0.39 is 9.05 Å². The molecule has 0 aromatic heterocycles. The molecule has 94 valence electrons. The standard InChI is InChI=1S/C14H13ClO2S/c1-10-4-3-5-12(8-10)14-9-13(18(15,16)17)7-6-11(14)2/h3-9H,1-2H3. The van der Waals surface area contributed by atoms with Crippen LogP contribution >= 0.6 is 10.7 Å². The fraction of sp³-hybridized carbons (Fsp3) is 0.143. The lowest BCUT2D eigenvalue weighted by molar-refractivity contribution is 0.609. The van der Waals surface area contributed by atoms with Gasteiger partial charge in [-0.1, -0.05) is 35.9 Å². The van der Waals surface area contributed by atoms with Crippen molar-refractivity contribution in [2.45, 2.75) is 18.7 Å². The summed E-state index contributed by atoms with van der Waals surface area (Å²) in [5.41, 5.74) is 4.03. The highest BCUT2D eigenvalue weighted by Crippen LogP contribution is 2.28. The Hall–Kier alpha value is -1.32. The van der Waals surface area contributed by atoms with Crippen molar-refractivity contribution in [3.8, 4) is 11.1 Å². The first-order chi connectivity index (χ1) is 8.38. The van der Waals surface area contributed by atoms with Crippen LogP contribution in [0.5, 0.6) is 0 Å². The van der Waals surface area contributed by atoms with E-state index in [1.54, 1.807) is 12.1 Å². The maximum absolute atomic E-state index is 11.4. The van der Waals surface area contributed by atoms with E-state index in [1.807, 2.05) is 38.1 Å². The van der Waals surface area contributed by atoms with Gasteiger partial charge in [-0.3, -0.25) is 0 Å². The Morgan fingerprint density at radius 3 is 2.33 bits per heavy atom. The Morgan fingerprint density at radius 1 is 1.00 bits per heavy atom. The minimum atomic E-state index is -3.69. The molecule has 0 spiro atoms. The fourth-order valence-electron chi connectivity index (χ4n) is 1.88. The van der Waals surface area contributed by atoms with Gasteiger partial charge >= 0.3 is 0 Å². The third-order valence-corrected chi connectivity index (χ3v) is 4.17. The molecule has 2 rings (SSSR count). The summed E-state index contributed by atoms with van der Waals surface area (Å²) in [4.78, 5) is 0.131. The summed E-state index contributed by atoms with van der Waals surface area (Å²) in [6.45, 7) is 3.95. The zero-order chi connectivity index (χ0) is 13.3. The van der Waals surface area contributed by atoms with Gasteiger partial charge in [0.15, 0.2) is 0 Å². The Balaban J connectivity index is 2.64. The second-order valence-electron chi connectivity index (χ2n) is 4.28. The van der Waals surface area contributed by atoms with Crippen LogP contribution in [-0.4, -0.2) is 8.42 Å². The smallest absolute Gasteiger partial charge is 0.207 e. The molecular weight excluding hydrogens is 268 g/mol. The van der Waals surface area contributed by atoms with Crippen molar-refractivity contribution in [3.63, 3.8) is 0 Å². The van der Waals surface area contributed by atoms with Gasteiger partial charge in [0.1, 0.15) is 0 Å². The highest BCUT2D eigenvalue weighted by molar-refractivity contribution is 8.13. The van der Waals surface area contributed by atoms with Crippen LogP contribution in [0.3, 0.4) is 0 Å². The fourth-order valence-corrected chi connectivity index (χ4v) is 2.65. The van der Waals surface area contributed by atoms with Crippen LogP contribution < -0.4 is 0 Å². The van der Waals surface area contributed by atoms with Gasteiger partial charge in [0.2, 0.25) is 0 Å². The summed E-state index contributed by atoms with van der Waals surface area (Å²) >= 11 is 0. The first kappa shape index (κ1) is 13.1. The van der Waals surface area contributed by atoms with Gasteiger partial charge in [-0.25, -0.2) is 8.42 Å². The predicted molar refractivity (Wildman–Crippen MR) is 74.4 cm³/mol. The van der Waals surface area contributed by atoms with Crippen molar-refractivity contribution in [2.24, 2.45) is 0 Å². The van der Waals surface area contributed by atoms with Crippen molar-refractivity contribution in [3.05, 3.63) is 53.6 Å². The van der Waals surface area contributed by atoms with Gasteiger partial charge in [0, 0.05) is 10.7 Å². The minimum Gasteiger partial charge on any atom is -0.207 e. The van der Waals surface area contributed by atoms with E-state index in [0.717, 1.165) is 22.3 Å². The second kappa shape index (κ2) is 4.75. The summed E-state index contributed by atoms with van der Waals surface area (Å²) in [7, 11) is 1.69. The number of halogens is 1. The van der Waals surface area contributed by atoms with E-state index in [0.29, 0.717) is 0 Å². The molecule has 0 N–H and O–H groups in total. The quantitative estimate of drug-likeness (QED) is 0.782. The van der Waals surface area contributed by atoms with Gasteiger partial charge in [-0.2, -0.15) is 0 Å². The third kappa shape index (κ3) is 2.74. The Bertz CT molecular complexity index is 691. The molecule has 18 heavy (non-hydrogen) atoms. The van der Waals surface area contributed by atoms with Crippen molar-refractivity contribution in [2.75, 3.05) is 0 Å². The molecule has 0 saturated heterocycles. The molecule has 2 aromatic carbocycles. The molecule has 0 aliphatic rings. The van der Waals surface area contributed by atoms with Gasteiger partial charge in [0.25, 0.3) is 9.05 Å². The van der Waals surface area contributed by atoms with E-state index in [-0.39, 0.29) is 4.90 Å². The summed E-state index contributed by atoms with van der Waals surface area (Å²) in [6, 6.07) is 12.8. The van der Waals surface area contributed by atoms with Crippen LogP contribution in [0.25, 0.3) is 11.1 Å². The van der Waals surface area contributed by atoms with Crippen LogP contribution in [-0.2, 0) is 9.05 Å². The Kier molecular flexibility index (Phi) is 3.46. The lowest BCUT2D eigenvalue weighted by atomic mass is 9.99. The van der Waals surface area contributed by atoms with Crippen LogP contribution in [0, 0.1) is 13.8 Å². The molecule has 0 bridgehead atoms. The molecule has 2 nitrogen and oxygen atoms in total. The first-order valence-corrected chi connectivity index (χ1v) is 7.81. The molecule has 0 amide bonds. The Morgan fingerprint density at radius 2 is 1.72 bits per heavy atom. The van der Waals surface area contributed by atoms with Crippen LogP contribution in [0.4, 0.5) is 0 Å². The van der Waals surface area contributed by atoms with Gasteiger partial charge in [-0.15, -0.1) is 0 Å². The highest BCUT2D eigenvalue weighted by Gasteiger charge is 2.12. The molecule has 0 fully saturated rings. The molecule has 0 heterocycles. The lowest BCUT2D eigenvalue weighted by Gasteiger charge is -2.08. The van der Waals surface area contributed by atoms with Gasteiger partial charge in [0.05, 0.1) is 4.90 Å². The first-order valence-electron chi connectivity index (χ1n) is 5.50. The SMILES string of the molecule is Cc1cccc(-c2cc(S(=O)(=O)Cl)ccc2C)c1. The average molecular weight is 281 g/mol. The maximum Gasteiger partial charge on any atom is 0.261 e. The normalized spacial score (nSPS) is 11.5. The molecule has 0 aliphatic carbocycles. The number of hydrogen-bond donors (Lipinski definition) is 0. The van der Waals surface area contributed by atoms with Gasteiger partial charge in [-0.05, 0) is 42.7 Å². The highest BCUT2D eigenvalue weighted by atomic mass is 35.7. The molecular formula is C14H13ClO2S. The second-order valence-corrected chi connectivity index (χ2v) is 6.85. The van der Waals surface area contributed by atoms with Gasteiger partial charge < -0.3 is 0 Å². The monoisotopic (exact) mass is 280 g/mol. The number of aryl methyl sites for hydroxylation is 2. The van der Waals surface area contributed by atoms with E-state index >= 15 is 0 Å². The lowest BCUT2D eigenvalue weighted by Crippen LogP contribution is -1.93. The van der Waals surface area contributed by atoms with Crippen LogP contribution in [0.2, 0.25) is 0 Å². The summed E-state index contributed by atoms with van der Waals surface area (Å²) in [6.07, 6.45) is 0. The van der Waals surface area contributed by atoms with Crippen molar-refractivity contribution in [1.82, 2.24) is 0 Å². The van der Waals surface area contributed by atoms with E-state index in [2.05, 4.69) is 0 Å². The minimum absolute atomic E-state index is 0.131. The predicted octanol–water partition coefficient (Wildman–Crippen LogP) is 3.90. The van der Waals surface area contributed by atoms with E-state index in [1.165, 1.54) is 6.07 Å². The zero-order valence-corrected chi connectivity index (χ0v) is 11.7. The molecule has 0 saturated carbocycles. The summed E-state index contributed by atoms with van der Waals surface area (Å²) < 4.78 is 22.7. The van der Waals surface area contributed by atoms with Crippen LogP contribution in [0.1, 0.15) is 11.1 Å². The third-order valence-electron chi connectivity index (χ3n) is 2.82. The largest absolute Gasteiger partial charge is 0.261 e. The van der Waals surface area contributed by atoms with Crippen molar-refractivity contribution >= 4 is 19.7 Å². The number of hydrogen-bond acceptors (Lipinski definition) is 2. The molecule has 0 atom stereocenters. The topological polar surface area (TPSA) is 34.1 Å². The van der Waals surface area contributed by atoms with Crippen molar-refractivity contribution in [1.29, 1.82) is 0 Å². The molecule has 4 heteroatoms. The Labute approximate surface area is 112 Å². The van der Waals surface area contributed by atoms with E-state index in [9.17, 15) is 8.42 Å². The molecule has 2 aromatic rings. The van der Waals surface area contributed by atoms with Crippen molar-refractivity contribution < 1.29 is 8.42 Å². The summed E-state index contributed by atoms with van der Waals surface area (Å²) in [5, 5.41) is 0.